The van der Waals surface area contributed by atoms with Crippen molar-refractivity contribution in [2.45, 2.75) is 46.1 Å². The molecule has 2 N–H and O–H groups in total. The molecule has 0 aromatic heterocycles. The van der Waals surface area contributed by atoms with E-state index in [1.54, 1.807) is 12.1 Å². The molecule has 162 valence electrons. The van der Waals surface area contributed by atoms with E-state index in [4.69, 9.17) is 0 Å². The van der Waals surface area contributed by atoms with Gasteiger partial charge in [0.1, 0.15) is 5.82 Å². The van der Waals surface area contributed by atoms with Crippen LogP contribution in [0.2, 0.25) is 0 Å². The van der Waals surface area contributed by atoms with E-state index in [2.05, 4.69) is 41.2 Å². The van der Waals surface area contributed by atoms with Gasteiger partial charge in [0, 0.05) is 37.9 Å². The molecule has 1 aromatic carbocycles. The fraction of sp³-hybridized carbons (Fsp3) is 0.636. The van der Waals surface area contributed by atoms with E-state index >= 15 is 0 Å². The van der Waals surface area contributed by atoms with Crippen molar-refractivity contribution in [2.24, 2.45) is 5.92 Å². The Morgan fingerprint density at radius 2 is 1.62 bits per heavy atom. The molecule has 6 nitrogen and oxygen atoms in total. The summed E-state index contributed by atoms with van der Waals surface area (Å²) in [6.45, 7) is 10.1. The highest BCUT2D eigenvalue weighted by Gasteiger charge is 2.21. The zero-order chi connectivity index (χ0) is 21.2. The van der Waals surface area contributed by atoms with Crippen LogP contribution in [0.4, 0.5) is 10.1 Å². The first kappa shape index (κ1) is 23.3. The summed E-state index contributed by atoms with van der Waals surface area (Å²) in [6, 6.07) is 6.09. The standard InChI is InChI=1S/C22H35FN4O2/c1-17(2)6-4-7-18(3)24-21(28)15-26-10-12-27(13-11-26)16-22(29)25-20-9-5-8-19(23)14-20/h5,8-9,14,17-18H,4,6-7,10-13,15-16H2,1-3H3,(H,24,28)(H,25,29)/t18-/m0/s1. The van der Waals surface area contributed by atoms with Crippen molar-refractivity contribution in [3.05, 3.63) is 30.1 Å². The third-order valence-corrected chi connectivity index (χ3v) is 5.13. The lowest BCUT2D eigenvalue weighted by molar-refractivity contribution is -0.124. The van der Waals surface area contributed by atoms with Gasteiger partial charge < -0.3 is 10.6 Å². The van der Waals surface area contributed by atoms with Crippen molar-refractivity contribution in [3.63, 3.8) is 0 Å². The first-order chi connectivity index (χ1) is 13.8. The zero-order valence-electron chi connectivity index (χ0n) is 17.9. The summed E-state index contributed by atoms with van der Waals surface area (Å²) in [4.78, 5) is 28.6. The van der Waals surface area contributed by atoms with Gasteiger partial charge >= 0.3 is 0 Å². The predicted octanol–water partition coefficient (Wildman–Crippen LogP) is 2.71. The molecular weight excluding hydrogens is 371 g/mol. The lowest BCUT2D eigenvalue weighted by Gasteiger charge is -2.34. The normalized spacial score (nSPS) is 16.6. The van der Waals surface area contributed by atoms with Gasteiger partial charge in [-0.3, -0.25) is 19.4 Å². The van der Waals surface area contributed by atoms with Crippen LogP contribution < -0.4 is 10.6 Å². The molecular formula is C22H35FN4O2. The van der Waals surface area contributed by atoms with E-state index in [1.165, 1.54) is 18.6 Å². The number of piperazine rings is 1. The Morgan fingerprint density at radius 1 is 1.00 bits per heavy atom. The van der Waals surface area contributed by atoms with Gasteiger partial charge in [-0.15, -0.1) is 0 Å². The molecule has 0 bridgehead atoms. The molecule has 0 spiro atoms. The summed E-state index contributed by atoms with van der Waals surface area (Å²) in [5.74, 6) is 0.241. The Bertz CT molecular complexity index is 660. The van der Waals surface area contributed by atoms with Gasteiger partial charge in [-0.05, 0) is 37.5 Å². The van der Waals surface area contributed by atoms with Gasteiger partial charge in [0.05, 0.1) is 13.1 Å². The Hall–Kier alpha value is -1.99. The summed E-state index contributed by atoms with van der Waals surface area (Å²) in [5.41, 5.74) is 0.466. The number of rotatable bonds is 10. The monoisotopic (exact) mass is 406 g/mol. The maximum Gasteiger partial charge on any atom is 0.238 e. The second-order valence-electron chi connectivity index (χ2n) is 8.40. The van der Waals surface area contributed by atoms with E-state index in [1.807, 2.05) is 0 Å². The lowest BCUT2D eigenvalue weighted by Crippen LogP contribution is -2.51. The molecule has 2 rings (SSSR count). The van der Waals surface area contributed by atoms with Crippen LogP contribution >= 0.6 is 0 Å². The van der Waals surface area contributed by atoms with Crippen LogP contribution in [0.25, 0.3) is 0 Å². The number of carbonyl (C=O) groups is 2. The molecule has 0 unspecified atom stereocenters. The highest BCUT2D eigenvalue weighted by Crippen LogP contribution is 2.10. The van der Waals surface area contributed by atoms with Crippen molar-refractivity contribution >= 4 is 17.5 Å². The number of anilines is 1. The Labute approximate surface area is 173 Å². The summed E-state index contributed by atoms with van der Waals surface area (Å²) in [5, 5.41) is 5.81. The number of hydrogen-bond donors (Lipinski definition) is 2. The van der Waals surface area contributed by atoms with E-state index in [0.29, 0.717) is 18.2 Å². The van der Waals surface area contributed by atoms with E-state index in [-0.39, 0.29) is 30.2 Å². The van der Waals surface area contributed by atoms with Gasteiger partial charge in [0.25, 0.3) is 0 Å². The van der Waals surface area contributed by atoms with Crippen LogP contribution in [0, 0.1) is 11.7 Å². The summed E-state index contributed by atoms with van der Waals surface area (Å²) >= 11 is 0. The molecule has 1 heterocycles. The molecule has 1 atom stereocenters. The summed E-state index contributed by atoms with van der Waals surface area (Å²) in [6.07, 6.45) is 3.34. The van der Waals surface area contributed by atoms with Crippen LogP contribution in [0.15, 0.2) is 24.3 Å². The first-order valence-electron chi connectivity index (χ1n) is 10.6. The lowest BCUT2D eigenvalue weighted by atomic mass is 10.0. The number of nitrogens with zero attached hydrogens (tertiary/aromatic N) is 2. The number of nitrogens with one attached hydrogen (secondary N) is 2. The summed E-state index contributed by atoms with van der Waals surface area (Å²) < 4.78 is 13.2. The third-order valence-electron chi connectivity index (χ3n) is 5.13. The van der Waals surface area contributed by atoms with Crippen molar-refractivity contribution in [3.8, 4) is 0 Å². The Balaban J connectivity index is 1.63. The SMILES string of the molecule is CC(C)CCC[C@H](C)NC(=O)CN1CCN(CC(=O)Nc2cccc(F)c2)CC1. The molecule has 1 aliphatic heterocycles. The second-order valence-corrected chi connectivity index (χ2v) is 8.40. The molecule has 1 aliphatic rings. The van der Waals surface area contributed by atoms with Crippen LogP contribution in [0.3, 0.4) is 0 Å². The summed E-state index contributed by atoms with van der Waals surface area (Å²) in [7, 11) is 0. The van der Waals surface area contributed by atoms with Gasteiger partial charge in [-0.2, -0.15) is 0 Å². The number of hydrogen-bond acceptors (Lipinski definition) is 4. The van der Waals surface area contributed by atoms with Crippen LogP contribution in [-0.4, -0.2) is 66.9 Å². The third kappa shape index (κ3) is 9.37. The minimum Gasteiger partial charge on any atom is -0.353 e. The number of benzene rings is 1. The topological polar surface area (TPSA) is 64.7 Å². The van der Waals surface area contributed by atoms with Crippen molar-refractivity contribution in [2.75, 3.05) is 44.6 Å². The smallest absolute Gasteiger partial charge is 0.238 e. The maximum atomic E-state index is 13.2. The first-order valence-corrected chi connectivity index (χ1v) is 10.6. The van der Waals surface area contributed by atoms with E-state index in [9.17, 15) is 14.0 Å². The zero-order valence-corrected chi connectivity index (χ0v) is 17.9. The van der Waals surface area contributed by atoms with Crippen molar-refractivity contribution in [1.29, 1.82) is 0 Å². The van der Waals surface area contributed by atoms with Crippen molar-refractivity contribution in [1.82, 2.24) is 15.1 Å². The minimum absolute atomic E-state index is 0.0688. The fourth-order valence-corrected chi connectivity index (χ4v) is 3.50. The largest absolute Gasteiger partial charge is 0.353 e. The van der Waals surface area contributed by atoms with Gasteiger partial charge in [-0.1, -0.05) is 32.8 Å². The van der Waals surface area contributed by atoms with Gasteiger partial charge in [0.15, 0.2) is 0 Å². The number of halogens is 1. The Kier molecular flexibility index (Phi) is 9.54. The molecule has 1 fully saturated rings. The van der Waals surface area contributed by atoms with Gasteiger partial charge in [-0.25, -0.2) is 4.39 Å². The van der Waals surface area contributed by atoms with Gasteiger partial charge in [0.2, 0.25) is 11.8 Å². The number of amides is 2. The highest BCUT2D eigenvalue weighted by atomic mass is 19.1. The van der Waals surface area contributed by atoms with E-state index < -0.39 is 0 Å². The molecule has 0 saturated carbocycles. The predicted molar refractivity (Wildman–Crippen MR) is 114 cm³/mol. The van der Waals surface area contributed by atoms with Crippen LogP contribution in [0.5, 0.6) is 0 Å². The molecule has 7 heteroatoms. The average molecular weight is 407 g/mol. The van der Waals surface area contributed by atoms with Crippen LogP contribution in [-0.2, 0) is 9.59 Å². The highest BCUT2D eigenvalue weighted by molar-refractivity contribution is 5.92. The fourth-order valence-electron chi connectivity index (χ4n) is 3.50. The molecule has 29 heavy (non-hydrogen) atoms. The second kappa shape index (κ2) is 11.9. The molecule has 0 aliphatic carbocycles. The number of carbonyl (C=O) groups excluding carboxylic acids is 2. The minimum atomic E-state index is -0.371. The maximum absolute atomic E-state index is 13.2. The molecule has 0 radical (unpaired) electrons. The van der Waals surface area contributed by atoms with E-state index in [0.717, 1.165) is 39.0 Å². The molecule has 1 aromatic rings. The van der Waals surface area contributed by atoms with Crippen LogP contribution in [0.1, 0.15) is 40.0 Å². The van der Waals surface area contributed by atoms with Crippen molar-refractivity contribution < 1.29 is 14.0 Å². The average Bonchev–Trinajstić information content (AvgIpc) is 2.63. The Morgan fingerprint density at radius 3 is 2.21 bits per heavy atom. The molecule has 1 saturated heterocycles. The molecule has 2 amide bonds. The quantitative estimate of drug-likeness (QED) is 0.627.